The molecule has 96 valence electrons. The molecule has 0 amide bonds. The zero-order valence-electron chi connectivity index (χ0n) is 10.8. The molecule has 19 heavy (non-hydrogen) atoms. The number of fused-ring (bicyclic) bond motifs is 2. The minimum atomic E-state index is 0.0912. The van der Waals surface area contributed by atoms with E-state index < -0.39 is 0 Å². The van der Waals surface area contributed by atoms with Gasteiger partial charge in [-0.3, -0.25) is 4.79 Å². The van der Waals surface area contributed by atoms with Gasteiger partial charge in [-0.15, -0.1) is 0 Å². The Morgan fingerprint density at radius 2 is 1.84 bits per heavy atom. The summed E-state index contributed by atoms with van der Waals surface area (Å²) in [4.78, 5) is 19.8. The second-order valence-corrected chi connectivity index (χ2v) is 5.60. The maximum Gasteiger partial charge on any atom is 0.254 e. The van der Waals surface area contributed by atoms with Gasteiger partial charge in [0.05, 0.1) is 5.69 Å². The summed E-state index contributed by atoms with van der Waals surface area (Å²) in [5, 5.41) is 0. The van der Waals surface area contributed by atoms with E-state index >= 15 is 0 Å². The number of aromatic amines is 1. The van der Waals surface area contributed by atoms with Crippen LogP contribution in [0.2, 0.25) is 0 Å². The third-order valence-corrected chi connectivity index (χ3v) is 4.40. The van der Waals surface area contributed by atoms with Crippen molar-refractivity contribution in [3.8, 4) is 0 Å². The van der Waals surface area contributed by atoms with E-state index in [0.717, 1.165) is 49.2 Å². The SMILES string of the molecule is O=c1[nH]c(C2Cc3ccccc3C2)nc2c1CCC2. The Bertz CT molecular complexity index is 677. The number of nitrogens with zero attached hydrogens (tertiary/aromatic N) is 1. The zero-order chi connectivity index (χ0) is 12.8. The van der Waals surface area contributed by atoms with Gasteiger partial charge in [-0.1, -0.05) is 24.3 Å². The molecule has 2 aromatic rings. The van der Waals surface area contributed by atoms with Gasteiger partial charge in [-0.05, 0) is 43.2 Å². The maximum absolute atomic E-state index is 12.1. The highest BCUT2D eigenvalue weighted by atomic mass is 16.1. The van der Waals surface area contributed by atoms with Gasteiger partial charge in [0.15, 0.2) is 0 Å². The molecule has 2 aliphatic rings. The fourth-order valence-corrected chi connectivity index (χ4v) is 3.41. The van der Waals surface area contributed by atoms with Crippen LogP contribution in [0.5, 0.6) is 0 Å². The van der Waals surface area contributed by atoms with Crippen LogP contribution in [0.15, 0.2) is 29.1 Å². The second-order valence-electron chi connectivity index (χ2n) is 5.60. The number of hydrogen-bond donors (Lipinski definition) is 1. The first-order chi connectivity index (χ1) is 9.31. The zero-order valence-corrected chi connectivity index (χ0v) is 10.8. The summed E-state index contributed by atoms with van der Waals surface area (Å²) in [5.74, 6) is 1.23. The highest BCUT2D eigenvalue weighted by Crippen LogP contribution is 2.32. The van der Waals surface area contributed by atoms with Gasteiger partial charge in [0.2, 0.25) is 0 Å². The topological polar surface area (TPSA) is 45.8 Å². The van der Waals surface area contributed by atoms with Crippen LogP contribution < -0.4 is 5.56 Å². The highest BCUT2D eigenvalue weighted by molar-refractivity contribution is 5.35. The Kier molecular flexibility index (Phi) is 2.34. The van der Waals surface area contributed by atoms with E-state index in [4.69, 9.17) is 4.98 Å². The van der Waals surface area contributed by atoms with Gasteiger partial charge in [0.25, 0.3) is 5.56 Å². The first kappa shape index (κ1) is 11.0. The van der Waals surface area contributed by atoms with Gasteiger partial charge in [-0.25, -0.2) is 4.98 Å². The number of nitrogens with one attached hydrogen (secondary N) is 1. The van der Waals surface area contributed by atoms with E-state index in [1.807, 2.05) is 0 Å². The Hall–Kier alpha value is -1.90. The Morgan fingerprint density at radius 1 is 1.11 bits per heavy atom. The minimum absolute atomic E-state index is 0.0912. The molecule has 1 N–H and O–H groups in total. The third-order valence-electron chi connectivity index (χ3n) is 4.40. The molecular formula is C16H16N2O. The number of rotatable bonds is 1. The molecule has 3 nitrogen and oxygen atoms in total. The van der Waals surface area contributed by atoms with Crippen LogP contribution in [-0.2, 0) is 25.7 Å². The average Bonchev–Trinajstić information content (AvgIpc) is 3.04. The van der Waals surface area contributed by atoms with Gasteiger partial charge in [-0.2, -0.15) is 0 Å². The molecule has 4 rings (SSSR count). The smallest absolute Gasteiger partial charge is 0.254 e. The Labute approximate surface area is 111 Å². The lowest BCUT2D eigenvalue weighted by atomic mass is 10.1. The monoisotopic (exact) mass is 252 g/mol. The molecule has 3 heteroatoms. The molecule has 2 aliphatic carbocycles. The molecule has 0 saturated heterocycles. The summed E-state index contributed by atoms with van der Waals surface area (Å²) in [6.45, 7) is 0. The number of H-pyrrole nitrogens is 1. The van der Waals surface area contributed by atoms with Crippen LogP contribution in [0.25, 0.3) is 0 Å². The lowest BCUT2D eigenvalue weighted by Gasteiger charge is -2.09. The van der Waals surface area contributed by atoms with E-state index in [0.29, 0.717) is 5.92 Å². The minimum Gasteiger partial charge on any atom is -0.310 e. The van der Waals surface area contributed by atoms with E-state index in [1.54, 1.807) is 0 Å². The summed E-state index contributed by atoms with van der Waals surface area (Å²) in [6, 6.07) is 8.53. The van der Waals surface area contributed by atoms with Gasteiger partial charge in [0.1, 0.15) is 5.82 Å². The van der Waals surface area contributed by atoms with Crippen molar-refractivity contribution >= 4 is 0 Å². The average molecular weight is 252 g/mol. The van der Waals surface area contributed by atoms with Crippen LogP contribution in [0.1, 0.15) is 40.5 Å². The highest BCUT2D eigenvalue weighted by Gasteiger charge is 2.26. The number of hydrogen-bond acceptors (Lipinski definition) is 2. The molecule has 0 spiro atoms. The molecule has 0 fully saturated rings. The Balaban J connectivity index is 1.72. The van der Waals surface area contributed by atoms with Crippen molar-refractivity contribution in [3.05, 3.63) is 62.8 Å². The van der Waals surface area contributed by atoms with Crippen molar-refractivity contribution < 1.29 is 0 Å². The molecule has 0 bridgehead atoms. The number of aryl methyl sites for hydroxylation is 1. The summed E-state index contributed by atoms with van der Waals surface area (Å²) in [5.41, 5.74) is 4.84. The molecule has 0 saturated carbocycles. The quantitative estimate of drug-likeness (QED) is 0.845. The molecule has 0 aliphatic heterocycles. The molecule has 1 heterocycles. The summed E-state index contributed by atoms with van der Waals surface area (Å²) in [6.07, 6.45) is 4.92. The predicted molar refractivity (Wildman–Crippen MR) is 73.5 cm³/mol. The third kappa shape index (κ3) is 1.72. The van der Waals surface area contributed by atoms with Crippen molar-refractivity contribution in [2.24, 2.45) is 0 Å². The van der Waals surface area contributed by atoms with Crippen molar-refractivity contribution in [2.45, 2.75) is 38.0 Å². The second kappa shape index (κ2) is 4.05. The van der Waals surface area contributed by atoms with E-state index in [1.165, 1.54) is 11.1 Å². The first-order valence-electron chi connectivity index (χ1n) is 7.00. The Morgan fingerprint density at radius 3 is 2.58 bits per heavy atom. The van der Waals surface area contributed by atoms with Crippen molar-refractivity contribution in [1.29, 1.82) is 0 Å². The fraction of sp³-hybridized carbons (Fsp3) is 0.375. The summed E-state index contributed by atoms with van der Waals surface area (Å²) in [7, 11) is 0. The summed E-state index contributed by atoms with van der Waals surface area (Å²) >= 11 is 0. The van der Waals surface area contributed by atoms with Crippen LogP contribution >= 0.6 is 0 Å². The predicted octanol–water partition coefficient (Wildman–Crippen LogP) is 2.14. The maximum atomic E-state index is 12.1. The van der Waals surface area contributed by atoms with Crippen molar-refractivity contribution in [3.63, 3.8) is 0 Å². The fourth-order valence-electron chi connectivity index (χ4n) is 3.41. The van der Waals surface area contributed by atoms with E-state index in [-0.39, 0.29) is 5.56 Å². The molecule has 0 atom stereocenters. The molecule has 0 radical (unpaired) electrons. The number of benzene rings is 1. The van der Waals surface area contributed by atoms with Crippen molar-refractivity contribution in [1.82, 2.24) is 9.97 Å². The van der Waals surface area contributed by atoms with E-state index in [2.05, 4.69) is 29.2 Å². The first-order valence-corrected chi connectivity index (χ1v) is 7.00. The molecular weight excluding hydrogens is 236 g/mol. The molecule has 0 unspecified atom stereocenters. The van der Waals surface area contributed by atoms with Crippen LogP contribution in [0, 0.1) is 0 Å². The normalized spacial score (nSPS) is 17.5. The van der Waals surface area contributed by atoms with Crippen LogP contribution in [-0.4, -0.2) is 9.97 Å². The van der Waals surface area contributed by atoms with Crippen molar-refractivity contribution in [2.75, 3.05) is 0 Å². The van der Waals surface area contributed by atoms with Crippen LogP contribution in [0.4, 0.5) is 0 Å². The lowest BCUT2D eigenvalue weighted by molar-refractivity contribution is 0.670. The van der Waals surface area contributed by atoms with Gasteiger partial charge in [0, 0.05) is 11.5 Å². The summed E-state index contributed by atoms with van der Waals surface area (Å²) < 4.78 is 0. The molecule has 1 aromatic carbocycles. The van der Waals surface area contributed by atoms with E-state index in [9.17, 15) is 4.79 Å². The standard InChI is InChI=1S/C16H16N2O/c19-16-13-6-3-7-14(13)17-15(18-16)12-8-10-4-1-2-5-11(10)9-12/h1-2,4-5,12H,3,6-9H2,(H,17,18,19). The van der Waals surface area contributed by atoms with Gasteiger partial charge >= 0.3 is 0 Å². The largest absolute Gasteiger partial charge is 0.310 e. The van der Waals surface area contributed by atoms with Gasteiger partial charge < -0.3 is 4.98 Å². The molecule has 1 aromatic heterocycles. The lowest BCUT2D eigenvalue weighted by Crippen LogP contribution is -2.19. The number of aromatic nitrogens is 2. The van der Waals surface area contributed by atoms with Crippen LogP contribution in [0.3, 0.4) is 0 Å².